The first-order valence-electron chi connectivity index (χ1n) is 5.46. The van der Waals surface area contributed by atoms with E-state index in [1.807, 2.05) is 0 Å². The number of carbonyl (C=O) groups excluding carboxylic acids is 1. The summed E-state index contributed by atoms with van der Waals surface area (Å²) in [6.45, 7) is 1.09. The maximum Gasteiger partial charge on any atom is 0.411 e. The summed E-state index contributed by atoms with van der Waals surface area (Å²) in [5.74, 6) is -0.134. The van der Waals surface area contributed by atoms with Gasteiger partial charge in [-0.05, 0) is 6.92 Å². The van der Waals surface area contributed by atoms with E-state index in [1.165, 1.54) is 4.90 Å². The van der Waals surface area contributed by atoms with Gasteiger partial charge in [0.2, 0.25) is 5.91 Å². The van der Waals surface area contributed by atoms with Crippen LogP contribution in [0.5, 0.6) is 0 Å². The zero-order valence-corrected chi connectivity index (χ0v) is 10.9. The van der Waals surface area contributed by atoms with Gasteiger partial charge in [0.1, 0.15) is 13.2 Å². The third-order valence-corrected chi connectivity index (χ3v) is 2.11. The number of amides is 1. The highest BCUT2D eigenvalue weighted by Gasteiger charge is 2.28. The van der Waals surface area contributed by atoms with Gasteiger partial charge in [-0.3, -0.25) is 4.79 Å². The molecule has 0 aromatic heterocycles. The van der Waals surface area contributed by atoms with Gasteiger partial charge in [0, 0.05) is 19.0 Å². The Morgan fingerprint density at radius 3 is 2.44 bits per heavy atom. The number of nitrogens with zero attached hydrogens (tertiary/aromatic N) is 1. The molecule has 0 unspecified atom stereocenters. The summed E-state index contributed by atoms with van der Waals surface area (Å²) < 4.78 is 44.8. The summed E-state index contributed by atoms with van der Waals surface area (Å²) in [4.78, 5) is 12.8. The fourth-order valence-electron chi connectivity index (χ4n) is 1.14. The molecule has 108 valence electrons. The van der Waals surface area contributed by atoms with Gasteiger partial charge in [-0.15, -0.1) is 11.6 Å². The largest absolute Gasteiger partial charge is 0.411 e. The Balaban J connectivity index is 3.81. The molecule has 0 atom stereocenters. The lowest BCUT2D eigenvalue weighted by atomic mass is 10.4. The molecule has 0 bridgehead atoms. The summed E-state index contributed by atoms with van der Waals surface area (Å²) in [6.07, 6.45) is -4.42. The van der Waals surface area contributed by atoms with Crippen molar-refractivity contribution in [2.75, 3.05) is 45.4 Å². The number of halogens is 4. The number of ether oxygens (including phenoxy) is 2. The lowest BCUT2D eigenvalue weighted by molar-refractivity contribution is -0.177. The predicted octanol–water partition coefficient (Wildman–Crippen LogP) is 1.67. The van der Waals surface area contributed by atoms with Gasteiger partial charge >= 0.3 is 6.18 Å². The first kappa shape index (κ1) is 17.5. The van der Waals surface area contributed by atoms with Crippen LogP contribution in [0.1, 0.15) is 6.92 Å². The van der Waals surface area contributed by atoms with Crippen molar-refractivity contribution < 1.29 is 27.4 Å². The molecule has 0 aromatic carbocycles. The van der Waals surface area contributed by atoms with Gasteiger partial charge < -0.3 is 14.4 Å². The zero-order chi connectivity index (χ0) is 14.0. The van der Waals surface area contributed by atoms with Crippen LogP contribution in [-0.4, -0.2) is 62.4 Å². The molecule has 0 saturated heterocycles. The minimum atomic E-state index is -4.42. The zero-order valence-electron chi connectivity index (χ0n) is 10.1. The maximum absolute atomic E-state index is 11.8. The molecule has 8 heteroatoms. The SMILES string of the molecule is CCN(CCOCCCl)C(=O)COCC(F)(F)F. The average molecular weight is 292 g/mol. The van der Waals surface area contributed by atoms with Crippen LogP contribution < -0.4 is 0 Å². The smallest absolute Gasteiger partial charge is 0.378 e. The van der Waals surface area contributed by atoms with Crippen molar-refractivity contribution in [2.45, 2.75) is 13.1 Å². The number of rotatable bonds is 9. The van der Waals surface area contributed by atoms with Crippen LogP contribution in [0.4, 0.5) is 13.2 Å². The van der Waals surface area contributed by atoms with Gasteiger partial charge in [0.15, 0.2) is 0 Å². The summed E-state index contributed by atoms with van der Waals surface area (Å²) in [5.41, 5.74) is 0. The van der Waals surface area contributed by atoms with Crippen molar-refractivity contribution >= 4 is 17.5 Å². The second kappa shape index (κ2) is 9.41. The molecule has 0 rings (SSSR count). The Hall–Kier alpha value is -0.530. The number of alkyl halides is 4. The standard InChI is InChI=1S/C10H17ClF3NO3/c1-2-15(4-6-17-5-3-11)9(16)7-18-8-10(12,13)14/h2-8H2,1H3. The normalized spacial score (nSPS) is 11.6. The Kier molecular flexibility index (Phi) is 9.13. The molecular formula is C10H17ClF3NO3. The number of hydrogen-bond acceptors (Lipinski definition) is 3. The summed E-state index contributed by atoms with van der Waals surface area (Å²) in [5, 5.41) is 0. The molecule has 0 N–H and O–H groups in total. The van der Waals surface area contributed by atoms with Crippen molar-refractivity contribution in [1.82, 2.24) is 4.90 Å². The highest BCUT2D eigenvalue weighted by atomic mass is 35.5. The Labute approximate surface area is 109 Å². The van der Waals surface area contributed by atoms with Crippen LogP contribution >= 0.6 is 11.6 Å². The van der Waals surface area contributed by atoms with E-state index in [0.29, 0.717) is 32.2 Å². The van der Waals surface area contributed by atoms with Crippen LogP contribution in [0.3, 0.4) is 0 Å². The molecular weight excluding hydrogens is 275 g/mol. The van der Waals surface area contributed by atoms with Crippen molar-refractivity contribution in [3.05, 3.63) is 0 Å². The minimum Gasteiger partial charge on any atom is -0.378 e. The molecule has 0 aliphatic rings. The molecule has 18 heavy (non-hydrogen) atoms. The summed E-state index contributed by atoms with van der Waals surface area (Å²) in [6, 6.07) is 0. The van der Waals surface area contributed by atoms with E-state index in [1.54, 1.807) is 6.92 Å². The first-order valence-corrected chi connectivity index (χ1v) is 6.00. The molecule has 0 saturated carbocycles. The number of carbonyl (C=O) groups is 1. The highest BCUT2D eigenvalue weighted by Crippen LogP contribution is 2.14. The fourth-order valence-corrected chi connectivity index (χ4v) is 1.24. The second-order valence-electron chi connectivity index (χ2n) is 3.38. The monoisotopic (exact) mass is 291 g/mol. The predicted molar refractivity (Wildman–Crippen MR) is 60.7 cm³/mol. The van der Waals surface area contributed by atoms with E-state index in [-0.39, 0.29) is 0 Å². The molecule has 0 aliphatic carbocycles. The summed E-state index contributed by atoms with van der Waals surface area (Å²) >= 11 is 5.39. The van der Waals surface area contributed by atoms with Gasteiger partial charge in [0.05, 0.1) is 13.2 Å². The Bertz CT molecular complexity index is 239. The van der Waals surface area contributed by atoms with E-state index < -0.39 is 25.3 Å². The van der Waals surface area contributed by atoms with Gasteiger partial charge in [-0.2, -0.15) is 13.2 Å². The third-order valence-electron chi connectivity index (χ3n) is 1.95. The Morgan fingerprint density at radius 2 is 1.94 bits per heavy atom. The third kappa shape index (κ3) is 9.49. The van der Waals surface area contributed by atoms with Gasteiger partial charge in [0.25, 0.3) is 0 Å². The lowest BCUT2D eigenvalue weighted by Crippen LogP contribution is -2.37. The van der Waals surface area contributed by atoms with Gasteiger partial charge in [-0.25, -0.2) is 0 Å². The average Bonchev–Trinajstić information content (AvgIpc) is 2.27. The molecule has 4 nitrogen and oxygen atoms in total. The van der Waals surface area contributed by atoms with Crippen molar-refractivity contribution in [1.29, 1.82) is 0 Å². The van der Waals surface area contributed by atoms with E-state index in [4.69, 9.17) is 16.3 Å². The first-order chi connectivity index (χ1) is 8.40. The van der Waals surface area contributed by atoms with Crippen molar-refractivity contribution in [2.24, 2.45) is 0 Å². The fraction of sp³-hybridized carbons (Fsp3) is 0.900. The molecule has 0 spiro atoms. The lowest BCUT2D eigenvalue weighted by Gasteiger charge is -2.20. The van der Waals surface area contributed by atoms with Gasteiger partial charge in [-0.1, -0.05) is 0 Å². The van der Waals surface area contributed by atoms with Crippen LogP contribution in [0, 0.1) is 0 Å². The maximum atomic E-state index is 11.8. The van der Waals surface area contributed by atoms with Crippen LogP contribution in [0.15, 0.2) is 0 Å². The van der Waals surface area contributed by atoms with Crippen LogP contribution in [-0.2, 0) is 14.3 Å². The minimum absolute atomic E-state index is 0.297. The van der Waals surface area contributed by atoms with Crippen LogP contribution in [0.2, 0.25) is 0 Å². The van der Waals surface area contributed by atoms with Crippen LogP contribution in [0.25, 0.3) is 0 Å². The highest BCUT2D eigenvalue weighted by molar-refractivity contribution is 6.17. The Morgan fingerprint density at radius 1 is 1.28 bits per heavy atom. The van der Waals surface area contributed by atoms with Crippen molar-refractivity contribution in [3.8, 4) is 0 Å². The number of likely N-dealkylation sites (N-methyl/N-ethyl adjacent to an activating group) is 1. The quantitative estimate of drug-likeness (QED) is 0.479. The second-order valence-corrected chi connectivity index (χ2v) is 3.76. The van der Waals surface area contributed by atoms with E-state index >= 15 is 0 Å². The topological polar surface area (TPSA) is 38.8 Å². The summed E-state index contributed by atoms with van der Waals surface area (Å²) in [7, 11) is 0. The molecule has 0 heterocycles. The molecule has 1 amide bonds. The van der Waals surface area contributed by atoms with E-state index in [9.17, 15) is 18.0 Å². The van der Waals surface area contributed by atoms with E-state index in [0.717, 1.165) is 0 Å². The molecule has 0 fully saturated rings. The molecule has 0 radical (unpaired) electrons. The molecule has 0 aromatic rings. The van der Waals surface area contributed by atoms with Crippen molar-refractivity contribution in [3.63, 3.8) is 0 Å². The number of hydrogen-bond donors (Lipinski definition) is 0. The van der Waals surface area contributed by atoms with E-state index in [2.05, 4.69) is 4.74 Å². The molecule has 0 aliphatic heterocycles.